The van der Waals surface area contributed by atoms with Gasteiger partial charge in [-0.15, -0.1) is 11.3 Å². The van der Waals surface area contributed by atoms with Crippen LogP contribution < -0.4 is 15.4 Å². The number of morpholine rings is 1. The van der Waals surface area contributed by atoms with Crippen LogP contribution in [0.2, 0.25) is 0 Å². The molecule has 1 aliphatic rings. The molecule has 9 heteroatoms. The van der Waals surface area contributed by atoms with Crippen molar-refractivity contribution < 1.29 is 13.9 Å². The van der Waals surface area contributed by atoms with E-state index >= 15 is 0 Å². The number of halogens is 1. The molecule has 1 saturated heterocycles. The highest BCUT2D eigenvalue weighted by Gasteiger charge is 2.14. The van der Waals surface area contributed by atoms with Crippen LogP contribution >= 0.6 is 11.3 Å². The Morgan fingerprint density at radius 1 is 1.14 bits per heavy atom. The lowest BCUT2D eigenvalue weighted by molar-refractivity contribution is 0.0341. The van der Waals surface area contributed by atoms with E-state index in [0.717, 1.165) is 48.9 Å². The van der Waals surface area contributed by atoms with Crippen molar-refractivity contribution in [3.8, 4) is 11.3 Å². The number of amides is 2. The van der Waals surface area contributed by atoms with E-state index in [2.05, 4.69) is 50.6 Å². The third-order valence-electron chi connectivity index (χ3n) is 6.15. The summed E-state index contributed by atoms with van der Waals surface area (Å²) in [7, 11) is 1.59. The van der Waals surface area contributed by atoms with E-state index in [1.165, 1.54) is 28.5 Å². The molecule has 186 valence electrons. The second kappa shape index (κ2) is 11.6. The molecule has 3 aromatic rings. The summed E-state index contributed by atoms with van der Waals surface area (Å²) in [5, 5.41) is 7.52. The number of benzene rings is 2. The van der Waals surface area contributed by atoms with Gasteiger partial charge in [-0.05, 0) is 60.4 Å². The van der Waals surface area contributed by atoms with Gasteiger partial charge in [0.15, 0.2) is 4.80 Å². The van der Waals surface area contributed by atoms with Crippen molar-refractivity contribution >= 4 is 23.1 Å². The maximum absolute atomic E-state index is 13.7. The number of hydrogen-bond donors (Lipinski definition) is 2. The molecule has 0 atom stereocenters. The molecular formula is C26H32FN5O2S. The van der Waals surface area contributed by atoms with Gasteiger partial charge in [-0.2, -0.15) is 0 Å². The van der Waals surface area contributed by atoms with Gasteiger partial charge >= 0.3 is 6.03 Å². The normalized spacial score (nSPS) is 14.8. The van der Waals surface area contributed by atoms with Crippen LogP contribution in [0, 0.1) is 19.7 Å². The van der Waals surface area contributed by atoms with Gasteiger partial charge < -0.3 is 19.9 Å². The second-order valence-electron chi connectivity index (χ2n) is 8.64. The maximum Gasteiger partial charge on any atom is 0.314 e. The van der Waals surface area contributed by atoms with Crippen LogP contribution in [-0.4, -0.2) is 55.4 Å². The van der Waals surface area contributed by atoms with Crippen molar-refractivity contribution in [3.63, 3.8) is 0 Å². The summed E-state index contributed by atoms with van der Waals surface area (Å²) in [4.78, 5) is 19.7. The first-order valence-electron chi connectivity index (χ1n) is 11.8. The lowest BCUT2D eigenvalue weighted by atomic mass is 10.0. The standard InChI is InChI=1S/C26H32FN5O2S/c1-18-14-20(4-5-21(18)16-31-10-12-34-13-11-31)24-17-35-26(32(24)9-8-29-25(33)28-3)30-22-6-7-23(27)19(2)15-22/h4-7,14-15,17H,8-13,16H2,1-3H3,(H2,28,29,33)/b30-26-. The van der Waals surface area contributed by atoms with Crippen LogP contribution in [0.4, 0.5) is 14.9 Å². The molecule has 1 aromatic heterocycles. The Balaban J connectivity index is 1.65. The molecule has 0 spiro atoms. The SMILES string of the molecule is CNC(=O)NCCn1c(-c2ccc(CN3CCOCC3)c(C)c2)cs/c1=N\c1ccc(F)c(C)c1. The van der Waals surface area contributed by atoms with E-state index in [9.17, 15) is 9.18 Å². The molecule has 2 aromatic carbocycles. The minimum Gasteiger partial charge on any atom is -0.379 e. The summed E-state index contributed by atoms with van der Waals surface area (Å²) < 4.78 is 21.3. The predicted molar refractivity (Wildman–Crippen MR) is 137 cm³/mol. The Labute approximate surface area is 209 Å². The summed E-state index contributed by atoms with van der Waals surface area (Å²) in [6.45, 7) is 9.29. The molecule has 2 heterocycles. The van der Waals surface area contributed by atoms with E-state index in [1.54, 1.807) is 26.1 Å². The lowest BCUT2D eigenvalue weighted by Crippen LogP contribution is -2.36. The highest BCUT2D eigenvalue weighted by molar-refractivity contribution is 7.07. The summed E-state index contributed by atoms with van der Waals surface area (Å²) in [6.07, 6.45) is 0. The highest BCUT2D eigenvalue weighted by atomic mass is 32.1. The van der Waals surface area contributed by atoms with E-state index in [-0.39, 0.29) is 11.8 Å². The zero-order valence-electron chi connectivity index (χ0n) is 20.4. The van der Waals surface area contributed by atoms with Crippen LogP contribution in [0.15, 0.2) is 46.8 Å². The molecular weight excluding hydrogens is 465 g/mol. The molecule has 35 heavy (non-hydrogen) atoms. The van der Waals surface area contributed by atoms with Crippen molar-refractivity contribution in [3.05, 3.63) is 69.1 Å². The second-order valence-corrected chi connectivity index (χ2v) is 9.47. The number of rotatable bonds is 7. The van der Waals surface area contributed by atoms with Gasteiger partial charge in [0.25, 0.3) is 0 Å². The fourth-order valence-corrected chi connectivity index (χ4v) is 5.03. The first-order valence-corrected chi connectivity index (χ1v) is 12.7. The number of urea groups is 1. The summed E-state index contributed by atoms with van der Waals surface area (Å²) >= 11 is 1.53. The number of nitrogens with zero attached hydrogens (tertiary/aromatic N) is 3. The number of carbonyl (C=O) groups is 1. The Hall–Kier alpha value is -3.01. The van der Waals surface area contributed by atoms with Crippen molar-refractivity contribution in [1.82, 2.24) is 20.1 Å². The molecule has 7 nitrogen and oxygen atoms in total. The Kier molecular flexibility index (Phi) is 8.33. The van der Waals surface area contributed by atoms with Crippen molar-refractivity contribution in [1.29, 1.82) is 0 Å². The smallest absolute Gasteiger partial charge is 0.314 e. The fourth-order valence-electron chi connectivity index (χ4n) is 4.08. The number of carbonyl (C=O) groups excluding carboxylic acids is 1. The van der Waals surface area contributed by atoms with Crippen LogP contribution in [0.5, 0.6) is 0 Å². The molecule has 0 aliphatic carbocycles. The van der Waals surface area contributed by atoms with Gasteiger partial charge in [0.05, 0.1) is 24.6 Å². The molecule has 0 bridgehead atoms. The van der Waals surface area contributed by atoms with Crippen LogP contribution in [-0.2, 0) is 17.8 Å². The minimum absolute atomic E-state index is 0.224. The summed E-state index contributed by atoms with van der Waals surface area (Å²) in [6, 6.07) is 11.2. The largest absolute Gasteiger partial charge is 0.379 e. The maximum atomic E-state index is 13.7. The first-order chi connectivity index (χ1) is 16.9. The van der Waals surface area contributed by atoms with Crippen molar-refractivity contribution in [2.24, 2.45) is 4.99 Å². The van der Waals surface area contributed by atoms with Gasteiger partial charge in [0, 0.05) is 45.2 Å². The zero-order chi connectivity index (χ0) is 24.8. The lowest BCUT2D eigenvalue weighted by Gasteiger charge is -2.27. The molecule has 1 aliphatic heterocycles. The first kappa shape index (κ1) is 25.1. The Bertz CT molecular complexity index is 1250. The van der Waals surface area contributed by atoms with Crippen molar-refractivity contribution in [2.45, 2.75) is 26.9 Å². The number of nitrogens with one attached hydrogen (secondary N) is 2. The number of ether oxygens (including phenoxy) is 1. The third-order valence-corrected chi connectivity index (χ3v) is 7.01. The van der Waals surface area contributed by atoms with E-state index in [0.29, 0.717) is 24.3 Å². The van der Waals surface area contributed by atoms with Gasteiger partial charge in [-0.25, -0.2) is 14.2 Å². The number of thiazole rings is 1. The monoisotopic (exact) mass is 497 g/mol. The molecule has 0 radical (unpaired) electrons. The molecule has 2 N–H and O–H groups in total. The Morgan fingerprint density at radius 2 is 1.94 bits per heavy atom. The van der Waals surface area contributed by atoms with Crippen LogP contribution in [0.25, 0.3) is 11.3 Å². The van der Waals surface area contributed by atoms with E-state index in [1.807, 2.05) is 0 Å². The molecule has 0 saturated carbocycles. The Morgan fingerprint density at radius 3 is 2.66 bits per heavy atom. The number of aryl methyl sites for hydroxylation is 2. The topological polar surface area (TPSA) is 70.9 Å². The fraction of sp³-hybridized carbons (Fsp3) is 0.385. The predicted octanol–water partition coefficient (Wildman–Crippen LogP) is 3.97. The molecule has 1 fully saturated rings. The highest BCUT2D eigenvalue weighted by Crippen LogP contribution is 2.25. The number of aromatic nitrogens is 1. The third kappa shape index (κ3) is 6.36. The quantitative estimate of drug-likeness (QED) is 0.519. The van der Waals surface area contributed by atoms with Crippen LogP contribution in [0.1, 0.15) is 16.7 Å². The molecule has 4 rings (SSSR count). The van der Waals surface area contributed by atoms with Crippen molar-refractivity contribution in [2.75, 3.05) is 39.9 Å². The van der Waals surface area contributed by atoms with Gasteiger partial charge in [0.2, 0.25) is 0 Å². The zero-order valence-corrected chi connectivity index (χ0v) is 21.3. The average Bonchev–Trinajstić information content (AvgIpc) is 3.25. The van der Waals surface area contributed by atoms with Gasteiger partial charge in [-0.3, -0.25) is 4.90 Å². The number of hydrogen-bond acceptors (Lipinski definition) is 5. The van der Waals surface area contributed by atoms with Crippen LogP contribution in [0.3, 0.4) is 0 Å². The molecule has 0 unspecified atom stereocenters. The van der Waals surface area contributed by atoms with Gasteiger partial charge in [0.1, 0.15) is 5.82 Å². The summed E-state index contributed by atoms with van der Waals surface area (Å²) in [5.41, 5.74) is 5.94. The molecule has 2 amide bonds. The van der Waals surface area contributed by atoms with Gasteiger partial charge in [-0.1, -0.05) is 12.1 Å². The minimum atomic E-state index is -0.244. The summed E-state index contributed by atoms with van der Waals surface area (Å²) in [5.74, 6) is -0.244. The van der Waals surface area contributed by atoms with E-state index < -0.39 is 0 Å². The average molecular weight is 498 g/mol. The van der Waals surface area contributed by atoms with E-state index in [4.69, 9.17) is 9.73 Å².